The smallest absolute Gasteiger partial charge is 0.251 e. The van der Waals surface area contributed by atoms with Gasteiger partial charge in [0.2, 0.25) is 0 Å². The SMILES string of the molecule is CC(C)(C)c1ccc(C(=O)NC[C@@H](O)C2CCCCC2)cc1. The highest BCUT2D eigenvalue weighted by Gasteiger charge is 2.22. The van der Waals surface area contributed by atoms with Crippen molar-refractivity contribution in [2.24, 2.45) is 5.92 Å². The molecule has 3 nitrogen and oxygen atoms in total. The minimum absolute atomic E-state index is 0.0895. The molecule has 0 bridgehead atoms. The first-order chi connectivity index (χ1) is 10.4. The Morgan fingerprint density at radius 2 is 1.77 bits per heavy atom. The molecule has 0 saturated heterocycles. The van der Waals surface area contributed by atoms with Crippen LogP contribution in [0, 0.1) is 5.92 Å². The summed E-state index contributed by atoms with van der Waals surface area (Å²) in [5.74, 6) is 0.243. The second-order valence-electron chi connectivity index (χ2n) is 7.50. The number of rotatable bonds is 4. The molecule has 3 heteroatoms. The lowest BCUT2D eigenvalue weighted by atomic mass is 9.85. The second-order valence-corrected chi connectivity index (χ2v) is 7.50. The van der Waals surface area contributed by atoms with Gasteiger partial charge in [-0.25, -0.2) is 0 Å². The fraction of sp³-hybridized carbons (Fsp3) is 0.632. The van der Waals surface area contributed by atoms with Crippen LogP contribution in [0.3, 0.4) is 0 Å². The number of hydrogen-bond donors (Lipinski definition) is 2. The molecule has 0 heterocycles. The Hall–Kier alpha value is -1.35. The maximum atomic E-state index is 12.2. The molecular weight excluding hydrogens is 274 g/mol. The van der Waals surface area contributed by atoms with Crippen molar-refractivity contribution in [2.45, 2.75) is 64.4 Å². The fourth-order valence-electron chi connectivity index (χ4n) is 3.11. The maximum absolute atomic E-state index is 12.2. The van der Waals surface area contributed by atoms with Crippen LogP contribution < -0.4 is 5.32 Å². The van der Waals surface area contributed by atoms with Crippen LogP contribution in [-0.4, -0.2) is 23.7 Å². The van der Waals surface area contributed by atoms with Crippen molar-refractivity contribution in [1.29, 1.82) is 0 Å². The number of nitrogens with one attached hydrogen (secondary N) is 1. The first kappa shape index (κ1) is 17.0. The standard InChI is InChI=1S/C19H29NO2/c1-19(2,3)16-11-9-15(10-12-16)18(22)20-13-17(21)14-7-5-4-6-8-14/h9-12,14,17,21H,4-8,13H2,1-3H3,(H,20,22)/t17-/m1/s1. The molecule has 0 spiro atoms. The van der Waals surface area contributed by atoms with E-state index in [1.54, 1.807) is 0 Å². The van der Waals surface area contributed by atoms with E-state index in [4.69, 9.17) is 0 Å². The van der Waals surface area contributed by atoms with Gasteiger partial charge in [-0.3, -0.25) is 4.79 Å². The van der Waals surface area contributed by atoms with Gasteiger partial charge in [0.25, 0.3) is 5.91 Å². The minimum Gasteiger partial charge on any atom is -0.391 e. The highest BCUT2D eigenvalue weighted by atomic mass is 16.3. The Labute approximate surface area is 134 Å². The van der Waals surface area contributed by atoms with Gasteiger partial charge in [-0.05, 0) is 41.9 Å². The van der Waals surface area contributed by atoms with Gasteiger partial charge in [-0.1, -0.05) is 52.2 Å². The van der Waals surface area contributed by atoms with Gasteiger partial charge in [0.1, 0.15) is 0 Å². The number of hydrogen-bond acceptors (Lipinski definition) is 2. The summed E-state index contributed by atoms with van der Waals surface area (Å²) >= 11 is 0. The Morgan fingerprint density at radius 1 is 1.18 bits per heavy atom. The highest BCUT2D eigenvalue weighted by molar-refractivity contribution is 5.94. The Balaban J connectivity index is 1.86. The molecule has 1 aromatic carbocycles. The highest BCUT2D eigenvalue weighted by Crippen LogP contribution is 2.26. The summed E-state index contributed by atoms with van der Waals surface area (Å²) in [5, 5.41) is 13.1. The summed E-state index contributed by atoms with van der Waals surface area (Å²) < 4.78 is 0. The third-order valence-electron chi connectivity index (χ3n) is 4.68. The van der Waals surface area contributed by atoms with Crippen molar-refractivity contribution in [3.05, 3.63) is 35.4 Å². The van der Waals surface area contributed by atoms with Gasteiger partial charge < -0.3 is 10.4 Å². The Bertz CT molecular complexity index is 481. The van der Waals surface area contributed by atoms with Gasteiger partial charge in [0.15, 0.2) is 0 Å². The second kappa shape index (κ2) is 7.28. The first-order valence-electron chi connectivity index (χ1n) is 8.45. The van der Waals surface area contributed by atoms with Crippen LogP contribution in [-0.2, 0) is 5.41 Å². The van der Waals surface area contributed by atoms with Crippen molar-refractivity contribution in [3.8, 4) is 0 Å². The van der Waals surface area contributed by atoms with E-state index < -0.39 is 6.10 Å². The average molecular weight is 303 g/mol. The van der Waals surface area contributed by atoms with Crippen molar-refractivity contribution in [1.82, 2.24) is 5.32 Å². The van der Waals surface area contributed by atoms with Gasteiger partial charge in [-0.2, -0.15) is 0 Å². The van der Waals surface area contributed by atoms with Crippen LogP contribution >= 0.6 is 0 Å². The van der Waals surface area contributed by atoms with Crippen LogP contribution in [0.2, 0.25) is 0 Å². The number of aliphatic hydroxyl groups is 1. The van der Waals surface area contributed by atoms with Crippen LogP contribution in [0.4, 0.5) is 0 Å². The molecule has 22 heavy (non-hydrogen) atoms. The predicted octanol–water partition coefficient (Wildman–Crippen LogP) is 3.66. The largest absolute Gasteiger partial charge is 0.391 e. The van der Waals surface area contributed by atoms with Crippen molar-refractivity contribution < 1.29 is 9.90 Å². The molecule has 0 aliphatic heterocycles. The van der Waals surface area contributed by atoms with E-state index in [0.29, 0.717) is 18.0 Å². The molecule has 2 rings (SSSR count). The van der Waals surface area contributed by atoms with E-state index >= 15 is 0 Å². The first-order valence-corrected chi connectivity index (χ1v) is 8.45. The lowest BCUT2D eigenvalue weighted by molar-refractivity contribution is 0.0738. The molecule has 1 atom stereocenters. The molecule has 1 aliphatic rings. The molecule has 1 saturated carbocycles. The average Bonchev–Trinajstić information content (AvgIpc) is 2.52. The fourth-order valence-corrected chi connectivity index (χ4v) is 3.11. The molecule has 0 radical (unpaired) electrons. The Morgan fingerprint density at radius 3 is 2.32 bits per heavy atom. The van der Waals surface area contributed by atoms with E-state index in [0.717, 1.165) is 12.8 Å². The summed E-state index contributed by atoms with van der Waals surface area (Å²) in [6.45, 7) is 6.82. The number of carbonyl (C=O) groups excluding carboxylic acids is 1. The molecule has 0 unspecified atom stereocenters. The zero-order chi connectivity index (χ0) is 16.2. The van der Waals surface area contributed by atoms with E-state index in [1.165, 1.54) is 24.8 Å². The lowest BCUT2D eigenvalue weighted by Crippen LogP contribution is -2.37. The van der Waals surface area contributed by atoms with Crippen LogP contribution in [0.25, 0.3) is 0 Å². The van der Waals surface area contributed by atoms with Crippen molar-refractivity contribution in [2.75, 3.05) is 6.54 Å². The van der Waals surface area contributed by atoms with Gasteiger partial charge in [0.05, 0.1) is 6.10 Å². The predicted molar refractivity (Wildman–Crippen MR) is 90.1 cm³/mol. The number of aliphatic hydroxyl groups excluding tert-OH is 1. The van der Waals surface area contributed by atoms with Crippen LogP contribution in [0.15, 0.2) is 24.3 Å². The van der Waals surface area contributed by atoms with E-state index in [1.807, 2.05) is 24.3 Å². The third-order valence-corrected chi connectivity index (χ3v) is 4.68. The number of carbonyl (C=O) groups is 1. The number of benzene rings is 1. The molecule has 1 aromatic rings. The molecule has 122 valence electrons. The maximum Gasteiger partial charge on any atom is 0.251 e. The van der Waals surface area contributed by atoms with Gasteiger partial charge >= 0.3 is 0 Å². The summed E-state index contributed by atoms with van der Waals surface area (Å²) in [4.78, 5) is 12.2. The van der Waals surface area contributed by atoms with E-state index in [9.17, 15) is 9.90 Å². The third kappa shape index (κ3) is 4.57. The number of amides is 1. The van der Waals surface area contributed by atoms with Crippen LogP contribution in [0.1, 0.15) is 68.8 Å². The zero-order valence-electron chi connectivity index (χ0n) is 14.1. The van der Waals surface area contributed by atoms with E-state index in [-0.39, 0.29) is 11.3 Å². The van der Waals surface area contributed by atoms with Crippen LogP contribution in [0.5, 0.6) is 0 Å². The molecular formula is C19H29NO2. The lowest BCUT2D eigenvalue weighted by Gasteiger charge is -2.26. The van der Waals surface area contributed by atoms with Crippen molar-refractivity contribution in [3.63, 3.8) is 0 Å². The normalized spacial score (nSPS) is 18.0. The van der Waals surface area contributed by atoms with E-state index in [2.05, 4.69) is 26.1 Å². The quantitative estimate of drug-likeness (QED) is 0.892. The molecule has 1 amide bonds. The van der Waals surface area contributed by atoms with Crippen molar-refractivity contribution >= 4 is 5.91 Å². The molecule has 1 fully saturated rings. The molecule has 0 aromatic heterocycles. The van der Waals surface area contributed by atoms with Gasteiger partial charge in [-0.15, -0.1) is 0 Å². The summed E-state index contributed by atoms with van der Waals surface area (Å²) in [5.41, 5.74) is 1.96. The zero-order valence-corrected chi connectivity index (χ0v) is 14.1. The Kier molecular flexibility index (Phi) is 5.63. The van der Waals surface area contributed by atoms with Gasteiger partial charge in [0, 0.05) is 12.1 Å². The summed E-state index contributed by atoms with van der Waals surface area (Å²) in [6, 6.07) is 7.74. The molecule has 2 N–H and O–H groups in total. The molecule has 1 aliphatic carbocycles. The minimum atomic E-state index is -0.418. The monoisotopic (exact) mass is 303 g/mol. The summed E-state index contributed by atoms with van der Waals surface area (Å²) in [6.07, 6.45) is 5.41. The topological polar surface area (TPSA) is 49.3 Å². The summed E-state index contributed by atoms with van der Waals surface area (Å²) in [7, 11) is 0.